The molecule has 2 heterocycles. The lowest BCUT2D eigenvalue weighted by molar-refractivity contribution is -0.391. The molecule has 1 aromatic heterocycles. The van der Waals surface area contributed by atoms with Crippen molar-refractivity contribution in [2.75, 3.05) is 13.2 Å². The highest BCUT2D eigenvalue weighted by molar-refractivity contribution is 5.94. The van der Waals surface area contributed by atoms with Crippen molar-refractivity contribution in [2.24, 2.45) is 12.5 Å². The van der Waals surface area contributed by atoms with E-state index in [1.54, 1.807) is 0 Å². The van der Waals surface area contributed by atoms with Crippen molar-refractivity contribution < 1.29 is 24.4 Å². The van der Waals surface area contributed by atoms with Crippen LogP contribution in [0.1, 0.15) is 17.4 Å². The van der Waals surface area contributed by atoms with E-state index in [4.69, 9.17) is 4.74 Å². The average Bonchev–Trinajstić information content (AvgIpc) is 2.94. The number of carbonyl (C=O) groups excluding carboxylic acids is 1. The normalized spacial score (nSPS) is 24.8. The predicted octanol–water partition coefficient (Wildman–Crippen LogP) is 0.153. The van der Waals surface area contributed by atoms with Gasteiger partial charge in [0, 0.05) is 6.07 Å². The molecule has 0 spiro atoms. The van der Waals surface area contributed by atoms with Gasteiger partial charge < -0.3 is 25.3 Å². The van der Waals surface area contributed by atoms with E-state index >= 15 is 0 Å². The minimum atomic E-state index is -1.22. The van der Waals surface area contributed by atoms with Crippen molar-refractivity contribution in [3.05, 3.63) is 27.9 Å². The molecule has 1 amide bonds. The van der Waals surface area contributed by atoms with E-state index in [1.807, 2.05) is 0 Å². The zero-order valence-electron chi connectivity index (χ0n) is 11.5. The lowest BCUT2D eigenvalue weighted by Gasteiger charge is -2.25. The van der Waals surface area contributed by atoms with Gasteiger partial charge >= 0.3 is 11.8 Å². The Balaban J connectivity index is 2.19. The molecule has 0 radical (unpaired) electrons. The van der Waals surface area contributed by atoms with Gasteiger partial charge in [-0.05, 0) is 17.9 Å². The molecule has 2 atom stereocenters. The number of amides is 1. The number of carboxylic acid groups (broad SMARTS) is 1. The first kappa shape index (κ1) is 15.0. The predicted molar refractivity (Wildman–Crippen MR) is 69.9 cm³/mol. The quantitative estimate of drug-likeness (QED) is 0.602. The molecule has 0 aliphatic carbocycles. The summed E-state index contributed by atoms with van der Waals surface area (Å²) >= 11 is 0. The van der Waals surface area contributed by atoms with Crippen LogP contribution >= 0.6 is 0 Å². The molecule has 1 saturated heterocycles. The van der Waals surface area contributed by atoms with E-state index in [9.17, 15) is 24.8 Å². The first-order valence-electron chi connectivity index (χ1n) is 6.19. The smallest absolute Gasteiger partial charge is 0.323 e. The van der Waals surface area contributed by atoms with E-state index in [2.05, 4.69) is 5.32 Å². The summed E-state index contributed by atoms with van der Waals surface area (Å²) in [7, 11) is 1.40. The lowest BCUT2D eigenvalue weighted by atomic mass is 9.85. The first-order chi connectivity index (χ1) is 9.77. The molecule has 0 bridgehead atoms. The van der Waals surface area contributed by atoms with Crippen LogP contribution in [0.3, 0.4) is 0 Å². The van der Waals surface area contributed by atoms with Gasteiger partial charge in [0.05, 0.1) is 26.3 Å². The molecule has 1 aliphatic rings. The second-order valence-electron chi connectivity index (χ2n) is 5.16. The van der Waals surface area contributed by atoms with Gasteiger partial charge in [-0.15, -0.1) is 0 Å². The van der Waals surface area contributed by atoms with Gasteiger partial charge in [-0.3, -0.25) is 9.59 Å². The minimum absolute atomic E-state index is 0.000560. The third-order valence-electron chi connectivity index (χ3n) is 3.76. The molecule has 2 rings (SSSR count). The molecular formula is C12H15N3O6. The number of ether oxygens (including phenoxy) is 1. The molecule has 1 aromatic rings. The maximum atomic E-state index is 12.2. The Morgan fingerprint density at radius 3 is 2.76 bits per heavy atom. The largest absolute Gasteiger partial charge is 0.481 e. The highest BCUT2D eigenvalue weighted by Gasteiger charge is 2.47. The van der Waals surface area contributed by atoms with Crippen molar-refractivity contribution in [3.8, 4) is 0 Å². The number of nitro groups is 1. The minimum Gasteiger partial charge on any atom is -0.481 e. The van der Waals surface area contributed by atoms with Gasteiger partial charge in [0.1, 0.15) is 5.41 Å². The Kier molecular flexibility index (Phi) is 3.69. The summed E-state index contributed by atoms with van der Waals surface area (Å²) in [5.41, 5.74) is -1.13. The fourth-order valence-electron chi connectivity index (χ4n) is 2.23. The summed E-state index contributed by atoms with van der Waals surface area (Å²) in [5.74, 6) is -1.86. The molecule has 2 unspecified atom stereocenters. The Hall–Kier alpha value is -2.42. The maximum absolute atomic E-state index is 12.2. The lowest BCUT2D eigenvalue weighted by Crippen LogP contribution is -2.50. The summed E-state index contributed by atoms with van der Waals surface area (Å²) in [6, 6.07) is 1.84. The van der Waals surface area contributed by atoms with Crippen LogP contribution in [0.25, 0.3) is 0 Å². The standard InChI is InChI=1S/C12H15N3O6/c1-12(11(17)18)6-21-5-8(12)13-10(16)7-3-4-9(14(7)2)15(19)20/h3-4,8H,5-6H2,1-2H3,(H,13,16)(H,17,18). The molecule has 0 saturated carbocycles. The van der Waals surface area contributed by atoms with Gasteiger partial charge in [0.2, 0.25) is 0 Å². The van der Waals surface area contributed by atoms with E-state index in [0.29, 0.717) is 0 Å². The van der Waals surface area contributed by atoms with E-state index in [-0.39, 0.29) is 24.7 Å². The summed E-state index contributed by atoms with van der Waals surface area (Å²) in [4.78, 5) is 33.6. The van der Waals surface area contributed by atoms with Crippen LogP contribution in [-0.2, 0) is 16.6 Å². The molecule has 21 heavy (non-hydrogen) atoms. The third kappa shape index (κ3) is 2.47. The Morgan fingerprint density at radius 2 is 2.24 bits per heavy atom. The Labute approximate surface area is 119 Å². The van der Waals surface area contributed by atoms with Gasteiger partial charge in [-0.2, -0.15) is 0 Å². The molecule has 9 nitrogen and oxygen atoms in total. The van der Waals surface area contributed by atoms with Gasteiger partial charge in [0.15, 0.2) is 5.69 Å². The fourth-order valence-corrected chi connectivity index (χ4v) is 2.23. The molecule has 114 valence electrons. The number of carboxylic acids is 1. The number of aromatic nitrogens is 1. The number of rotatable bonds is 4. The highest BCUT2D eigenvalue weighted by Crippen LogP contribution is 2.29. The van der Waals surface area contributed by atoms with Gasteiger partial charge in [-0.1, -0.05) is 0 Å². The van der Waals surface area contributed by atoms with Crippen LogP contribution in [0.5, 0.6) is 0 Å². The molecule has 9 heteroatoms. The van der Waals surface area contributed by atoms with Crippen molar-refractivity contribution in [2.45, 2.75) is 13.0 Å². The van der Waals surface area contributed by atoms with Crippen molar-refractivity contribution in [3.63, 3.8) is 0 Å². The summed E-state index contributed by atoms with van der Waals surface area (Å²) in [6.45, 7) is 1.57. The van der Waals surface area contributed by atoms with Crippen LogP contribution in [0, 0.1) is 15.5 Å². The number of aliphatic carboxylic acids is 1. The Morgan fingerprint density at radius 1 is 1.57 bits per heavy atom. The molecule has 0 aromatic carbocycles. The number of nitrogens with one attached hydrogen (secondary N) is 1. The van der Waals surface area contributed by atoms with Crippen LogP contribution in [0.2, 0.25) is 0 Å². The molecule has 2 N–H and O–H groups in total. The van der Waals surface area contributed by atoms with E-state index < -0.39 is 28.3 Å². The number of carbonyl (C=O) groups is 2. The summed E-state index contributed by atoms with van der Waals surface area (Å²) in [5, 5.41) is 22.6. The van der Waals surface area contributed by atoms with Crippen LogP contribution in [0.15, 0.2) is 12.1 Å². The van der Waals surface area contributed by atoms with E-state index in [0.717, 1.165) is 4.57 Å². The van der Waals surface area contributed by atoms with E-state index in [1.165, 1.54) is 26.1 Å². The summed E-state index contributed by atoms with van der Waals surface area (Å²) < 4.78 is 6.28. The highest BCUT2D eigenvalue weighted by atomic mass is 16.6. The second-order valence-corrected chi connectivity index (χ2v) is 5.16. The topological polar surface area (TPSA) is 124 Å². The molecule has 1 aliphatic heterocycles. The average molecular weight is 297 g/mol. The van der Waals surface area contributed by atoms with Crippen molar-refractivity contribution in [1.82, 2.24) is 9.88 Å². The molecular weight excluding hydrogens is 282 g/mol. The third-order valence-corrected chi connectivity index (χ3v) is 3.76. The van der Waals surface area contributed by atoms with Crippen LogP contribution in [-0.4, -0.2) is 45.7 Å². The van der Waals surface area contributed by atoms with Crippen molar-refractivity contribution in [1.29, 1.82) is 0 Å². The summed E-state index contributed by atoms with van der Waals surface area (Å²) in [6.07, 6.45) is 0. The maximum Gasteiger partial charge on any atom is 0.323 e. The van der Waals surface area contributed by atoms with Gasteiger partial charge in [0.25, 0.3) is 5.91 Å². The number of nitrogens with zero attached hydrogens (tertiary/aromatic N) is 2. The van der Waals surface area contributed by atoms with Crippen LogP contribution in [0.4, 0.5) is 5.82 Å². The van der Waals surface area contributed by atoms with Gasteiger partial charge in [-0.25, -0.2) is 4.57 Å². The molecule has 1 fully saturated rings. The zero-order valence-corrected chi connectivity index (χ0v) is 11.5. The fraction of sp³-hybridized carbons (Fsp3) is 0.500. The zero-order chi connectivity index (χ0) is 15.8. The number of hydrogen-bond donors (Lipinski definition) is 2. The monoisotopic (exact) mass is 297 g/mol. The van der Waals surface area contributed by atoms with Crippen LogP contribution < -0.4 is 5.32 Å². The second kappa shape index (κ2) is 5.17. The van der Waals surface area contributed by atoms with Crippen molar-refractivity contribution >= 4 is 17.7 Å². The number of hydrogen-bond acceptors (Lipinski definition) is 5. The SMILES string of the molecule is Cn1c(C(=O)NC2COCC2(C)C(=O)O)ccc1[N+](=O)[O-]. The Bertz CT molecular complexity index is 610. The first-order valence-corrected chi connectivity index (χ1v) is 6.19.